The summed E-state index contributed by atoms with van der Waals surface area (Å²) in [6.45, 7) is 5.34. The van der Waals surface area contributed by atoms with Crippen LogP contribution < -0.4 is 0 Å². The van der Waals surface area contributed by atoms with Crippen LogP contribution in [0, 0.1) is 0 Å². The van der Waals surface area contributed by atoms with Crippen LogP contribution in [0.2, 0.25) is 0 Å². The summed E-state index contributed by atoms with van der Waals surface area (Å²) >= 11 is -1.80. The summed E-state index contributed by atoms with van der Waals surface area (Å²) in [6.07, 6.45) is 1.52. The predicted octanol–water partition coefficient (Wildman–Crippen LogP) is 1.52. The zero-order chi connectivity index (χ0) is 6.57. The van der Waals surface area contributed by atoms with Crippen LogP contribution in [0.25, 0.3) is 0 Å². The van der Waals surface area contributed by atoms with Crippen LogP contribution >= 0.6 is 0 Å². The Morgan fingerprint density at radius 2 is 2.38 bits per heavy atom. The lowest BCUT2D eigenvalue weighted by molar-refractivity contribution is 0.569. The Bertz CT molecular complexity index is 109. The lowest BCUT2D eigenvalue weighted by Gasteiger charge is -1.93. The van der Waals surface area contributed by atoms with Crippen LogP contribution in [-0.4, -0.2) is 8.76 Å². The molecule has 0 heterocycles. The van der Waals surface area contributed by atoms with Crippen molar-refractivity contribution in [3.63, 3.8) is 0 Å². The summed E-state index contributed by atoms with van der Waals surface area (Å²) < 4.78 is 18.4. The average molecular weight is 134 g/mol. The number of hydrogen-bond donors (Lipinski definition) is 1. The Kier molecular flexibility index (Phi) is 3.73. The van der Waals surface area contributed by atoms with Crippen LogP contribution in [0.1, 0.15) is 19.8 Å². The molecule has 0 radical (unpaired) electrons. The van der Waals surface area contributed by atoms with Crippen molar-refractivity contribution in [2.75, 3.05) is 0 Å². The maximum atomic E-state index is 10.1. The second kappa shape index (κ2) is 3.80. The zero-order valence-corrected chi connectivity index (χ0v) is 5.70. The van der Waals surface area contributed by atoms with Gasteiger partial charge in [0, 0.05) is 4.91 Å². The first-order valence-corrected chi connectivity index (χ1v) is 3.57. The second-order valence-corrected chi connectivity index (χ2v) is 2.61. The first-order chi connectivity index (χ1) is 3.68. The highest BCUT2D eigenvalue weighted by molar-refractivity contribution is 7.83. The maximum Gasteiger partial charge on any atom is 0.181 e. The Labute approximate surface area is 51.9 Å². The van der Waals surface area contributed by atoms with Gasteiger partial charge in [-0.2, -0.15) is 0 Å². The fourth-order valence-electron chi connectivity index (χ4n) is 0.366. The molecule has 0 saturated carbocycles. The molecule has 1 N–H and O–H groups in total. The Morgan fingerprint density at radius 1 is 1.88 bits per heavy atom. The lowest BCUT2D eigenvalue weighted by Crippen LogP contribution is -1.88. The van der Waals surface area contributed by atoms with Gasteiger partial charge in [-0.25, -0.2) is 4.21 Å². The van der Waals surface area contributed by atoms with Gasteiger partial charge < -0.3 is 4.55 Å². The highest BCUT2D eigenvalue weighted by atomic mass is 32.2. The molecule has 0 amide bonds. The summed E-state index contributed by atoms with van der Waals surface area (Å²) in [4.78, 5) is 0.410. The Hall–Kier alpha value is -0.150. The highest BCUT2D eigenvalue weighted by Gasteiger charge is 1.96. The molecule has 0 aliphatic rings. The molecule has 0 aromatic rings. The molecule has 3 heteroatoms. The molecular formula is C5H10O2S. The first-order valence-electron chi connectivity index (χ1n) is 2.47. The van der Waals surface area contributed by atoms with Crippen molar-refractivity contribution in [1.29, 1.82) is 0 Å². The molecule has 0 spiro atoms. The molecule has 1 unspecified atom stereocenters. The standard InChI is InChI=1S/C5H10O2S/c1-3-4-5(2)8(6)7/h2-4H2,1H3,(H,6,7). The minimum absolute atomic E-state index is 0.410. The molecular weight excluding hydrogens is 124 g/mol. The molecule has 2 nitrogen and oxygen atoms in total. The fourth-order valence-corrected chi connectivity index (χ4v) is 0.745. The first kappa shape index (κ1) is 7.85. The number of rotatable bonds is 3. The van der Waals surface area contributed by atoms with E-state index in [0.29, 0.717) is 11.3 Å². The van der Waals surface area contributed by atoms with Gasteiger partial charge >= 0.3 is 0 Å². The van der Waals surface area contributed by atoms with Crippen molar-refractivity contribution in [2.45, 2.75) is 19.8 Å². The van der Waals surface area contributed by atoms with Gasteiger partial charge in [-0.05, 0) is 6.42 Å². The summed E-state index contributed by atoms with van der Waals surface area (Å²) in [6, 6.07) is 0. The second-order valence-electron chi connectivity index (χ2n) is 1.54. The van der Waals surface area contributed by atoms with Crippen LogP contribution in [0.3, 0.4) is 0 Å². The third-order valence-corrected chi connectivity index (χ3v) is 1.47. The van der Waals surface area contributed by atoms with Crippen molar-refractivity contribution in [2.24, 2.45) is 0 Å². The summed E-state index contributed by atoms with van der Waals surface area (Å²) in [5.74, 6) is 0. The molecule has 1 atom stereocenters. The lowest BCUT2D eigenvalue weighted by atomic mass is 10.3. The normalized spacial score (nSPS) is 13.2. The van der Waals surface area contributed by atoms with Crippen LogP contribution in [0.5, 0.6) is 0 Å². The van der Waals surface area contributed by atoms with E-state index in [2.05, 4.69) is 6.58 Å². The van der Waals surface area contributed by atoms with Crippen LogP contribution in [0.4, 0.5) is 0 Å². The third kappa shape index (κ3) is 2.93. The minimum atomic E-state index is -1.80. The van der Waals surface area contributed by atoms with E-state index in [9.17, 15) is 4.21 Å². The molecule has 0 bridgehead atoms. The predicted molar refractivity (Wildman–Crippen MR) is 34.8 cm³/mol. The van der Waals surface area contributed by atoms with Gasteiger partial charge in [-0.3, -0.25) is 0 Å². The zero-order valence-electron chi connectivity index (χ0n) is 4.89. The number of allylic oxidation sites excluding steroid dienone is 1. The van der Waals surface area contributed by atoms with Gasteiger partial charge in [-0.15, -0.1) is 0 Å². The molecule has 48 valence electrons. The maximum absolute atomic E-state index is 10.1. The van der Waals surface area contributed by atoms with Crippen molar-refractivity contribution >= 4 is 11.1 Å². The van der Waals surface area contributed by atoms with Gasteiger partial charge in [0.05, 0.1) is 0 Å². The van der Waals surface area contributed by atoms with Gasteiger partial charge in [0.2, 0.25) is 0 Å². The molecule has 0 saturated heterocycles. The quantitative estimate of drug-likeness (QED) is 0.594. The molecule has 0 aromatic heterocycles. The third-order valence-electron chi connectivity index (χ3n) is 0.776. The van der Waals surface area contributed by atoms with E-state index in [1.165, 1.54) is 0 Å². The number of hydrogen-bond acceptors (Lipinski definition) is 1. The molecule has 0 aromatic carbocycles. The monoisotopic (exact) mass is 134 g/mol. The SMILES string of the molecule is C=C(CCC)S(=O)O. The van der Waals surface area contributed by atoms with E-state index in [1.807, 2.05) is 6.92 Å². The largest absolute Gasteiger partial charge is 0.303 e. The average Bonchev–Trinajstić information content (AvgIpc) is 1.67. The van der Waals surface area contributed by atoms with E-state index in [4.69, 9.17) is 4.55 Å². The smallest absolute Gasteiger partial charge is 0.181 e. The van der Waals surface area contributed by atoms with Crippen molar-refractivity contribution in [3.05, 3.63) is 11.5 Å². The van der Waals surface area contributed by atoms with Crippen LogP contribution in [-0.2, 0) is 11.1 Å². The van der Waals surface area contributed by atoms with E-state index >= 15 is 0 Å². The van der Waals surface area contributed by atoms with Gasteiger partial charge in [0.15, 0.2) is 11.1 Å². The van der Waals surface area contributed by atoms with E-state index in [-0.39, 0.29) is 0 Å². The van der Waals surface area contributed by atoms with Crippen molar-refractivity contribution in [3.8, 4) is 0 Å². The van der Waals surface area contributed by atoms with Gasteiger partial charge in [0.25, 0.3) is 0 Å². The van der Waals surface area contributed by atoms with Crippen molar-refractivity contribution < 1.29 is 8.76 Å². The molecule has 0 aliphatic carbocycles. The topological polar surface area (TPSA) is 37.3 Å². The van der Waals surface area contributed by atoms with Crippen LogP contribution in [0.15, 0.2) is 11.5 Å². The van der Waals surface area contributed by atoms with E-state index in [0.717, 1.165) is 6.42 Å². The van der Waals surface area contributed by atoms with Crippen molar-refractivity contribution in [1.82, 2.24) is 0 Å². The van der Waals surface area contributed by atoms with Gasteiger partial charge in [0.1, 0.15) is 0 Å². The molecule has 0 rings (SSSR count). The Balaban J connectivity index is 3.49. The van der Waals surface area contributed by atoms with E-state index in [1.54, 1.807) is 0 Å². The molecule has 0 aliphatic heterocycles. The highest BCUT2D eigenvalue weighted by Crippen LogP contribution is 2.03. The summed E-state index contributed by atoms with van der Waals surface area (Å²) in [5, 5.41) is 0. The summed E-state index contributed by atoms with van der Waals surface area (Å²) in [7, 11) is 0. The van der Waals surface area contributed by atoms with Gasteiger partial charge in [-0.1, -0.05) is 19.9 Å². The van der Waals surface area contributed by atoms with E-state index < -0.39 is 11.1 Å². The molecule has 0 fully saturated rings. The fraction of sp³-hybridized carbons (Fsp3) is 0.600. The Morgan fingerprint density at radius 3 is 2.50 bits per heavy atom. The minimum Gasteiger partial charge on any atom is -0.303 e. The summed E-state index contributed by atoms with van der Waals surface area (Å²) in [5.41, 5.74) is 0. The molecule has 8 heavy (non-hydrogen) atoms.